The number of aromatic nitrogens is 5. The van der Waals surface area contributed by atoms with E-state index in [4.69, 9.17) is 0 Å². The van der Waals surface area contributed by atoms with Crippen LogP contribution in [-0.4, -0.2) is 49.3 Å². The number of rotatable bonds is 8. The van der Waals surface area contributed by atoms with Gasteiger partial charge in [0.2, 0.25) is 11.8 Å². The van der Waals surface area contributed by atoms with Crippen LogP contribution in [0, 0.1) is 6.92 Å². The molecule has 3 aromatic rings. The van der Waals surface area contributed by atoms with E-state index in [0.29, 0.717) is 29.9 Å². The van der Waals surface area contributed by atoms with Gasteiger partial charge in [-0.1, -0.05) is 30.8 Å². The average Bonchev–Trinajstić information content (AvgIpc) is 3.63. The predicted molar refractivity (Wildman–Crippen MR) is 132 cm³/mol. The van der Waals surface area contributed by atoms with Gasteiger partial charge in [-0.15, -0.1) is 0 Å². The van der Waals surface area contributed by atoms with Crippen molar-refractivity contribution in [1.29, 1.82) is 0 Å². The number of fused-ring (bicyclic) bond motifs is 1. The van der Waals surface area contributed by atoms with Crippen molar-refractivity contribution in [2.75, 3.05) is 6.67 Å². The first-order chi connectivity index (χ1) is 18.3. The van der Waals surface area contributed by atoms with E-state index in [1.165, 1.54) is 19.3 Å². The molecule has 2 aliphatic carbocycles. The summed E-state index contributed by atoms with van der Waals surface area (Å²) in [7, 11) is 0. The highest BCUT2D eigenvalue weighted by Gasteiger charge is 2.30. The molecular weight excluding hydrogens is 503 g/mol. The highest BCUT2D eigenvalue weighted by atomic mass is 19.3. The lowest BCUT2D eigenvalue weighted by molar-refractivity contribution is -0.121. The van der Waals surface area contributed by atoms with Crippen molar-refractivity contribution < 1.29 is 27.4 Å². The zero-order chi connectivity index (χ0) is 27.4. The van der Waals surface area contributed by atoms with Crippen molar-refractivity contribution >= 4 is 17.5 Å². The van der Waals surface area contributed by atoms with Crippen LogP contribution in [0.3, 0.4) is 0 Å². The van der Waals surface area contributed by atoms with Crippen LogP contribution in [0.15, 0.2) is 23.1 Å². The van der Waals surface area contributed by atoms with Crippen LogP contribution in [0.5, 0.6) is 0 Å². The Morgan fingerprint density at radius 1 is 1.05 bits per heavy atom. The van der Waals surface area contributed by atoms with Crippen molar-refractivity contribution in [1.82, 2.24) is 35.5 Å². The molecule has 38 heavy (non-hydrogen) atoms. The maximum atomic E-state index is 12.2. The highest BCUT2D eigenvalue weighted by molar-refractivity contribution is 5.92. The second-order valence-corrected chi connectivity index (χ2v) is 9.33. The molecule has 13 heteroatoms. The summed E-state index contributed by atoms with van der Waals surface area (Å²) in [5, 5.41) is 16.7. The minimum absolute atomic E-state index is 0.118. The molecule has 0 atom stereocenters. The Morgan fingerprint density at radius 2 is 1.76 bits per heavy atom. The number of aryl methyl sites for hydroxylation is 1. The van der Waals surface area contributed by atoms with Gasteiger partial charge in [-0.25, -0.2) is 22.9 Å². The molecule has 3 heterocycles. The first-order valence-corrected chi connectivity index (χ1v) is 12.9. The molecule has 3 aromatic heterocycles. The maximum absolute atomic E-state index is 12.2. The fraction of sp³-hybridized carbons (Fsp3) is 0.600. The number of amides is 2. The zero-order valence-electron chi connectivity index (χ0n) is 21.5. The van der Waals surface area contributed by atoms with E-state index in [1.807, 2.05) is 0 Å². The van der Waals surface area contributed by atoms with Crippen LogP contribution in [0.4, 0.5) is 13.2 Å². The number of nitrogens with one attached hydrogen (secondary N) is 2. The molecule has 208 valence electrons. The molecule has 5 rings (SSSR count). The maximum Gasteiger partial charge on any atom is 0.275 e. The molecule has 2 N–H and O–H groups in total. The van der Waals surface area contributed by atoms with Gasteiger partial charge >= 0.3 is 0 Å². The Bertz CT molecular complexity index is 1170. The van der Waals surface area contributed by atoms with Crippen molar-refractivity contribution in [2.24, 2.45) is 0 Å². The number of carbonyl (C=O) groups excluding carboxylic acids is 2. The van der Waals surface area contributed by atoms with Crippen LogP contribution >= 0.6 is 0 Å². The SMILES string of the molecule is C1CC1.Cc1nonc1C(=O)NCc1cn2ncc(CNC(=O)CCCF)cc2n1.FC1(F)CCCCC1. The number of nitrogens with zero attached hydrogens (tertiary/aromatic N) is 5. The summed E-state index contributed by atoms with van der Waals surface area (Å²) in [5.41, 5.74) is 2.48. The number of hydrogen-bond donors (Lipinski definition) is 2. The normalized spacial score (nSPS) is 15.5. The highest BCUT2D eigenvalue weighted by Crippen LogP contribution is 2.32. The summed E-state index contributed by atoms with van der Waals surface area (Å²) < 4.78 is 42.5. The number of alkyl halides is 3. The molecule has 0 unspecified atom stereocenters. The van der Waals surface area contributed by atoms with Gasteiger partial charge in [0.15, 0.2) is 11.3 Å². The minimum atomic E-state index is -2.32. The summed E-state index contributed by atoms with van der Waals surface area (Å²) in [4.78, 5) is 27.9. The van der Waals surface area contributed by atoms with E-state index >= 15 is 0 Å². The van der Waals surface area contributed by atoms with Gasteiger partial charge in [-0.2, -0.15) is 5.10 Å². The molecule has 2 fully saturated rings. The summed E-state index contributed by atoms with van der Waals surface area (Å²) in [6.45, 7) is 1.58. The quantitative estimate of drug-likeness (QED) is 0.434. The van der Waals surface area contributed by atoms with Crippen LogP contribution in [0.2, 0.25) is 0 Å². The third-order valence-corrected chi connectivity index (χ3v) is 5.69. The summed E-state index contributed by atoms with van der Waals surface area (Å²) in [5.74, 6) is -2.94. The van der Waals surface area contributed by atoms with Crippen LogP contribution in [0.25, 0.3) is 5.65 Å². The third kappa shape index (κ3) is 10.1. The van der Waals surface area contributed by atoms with Crippen LogP contribution < -0.4 is 10.6 Å². The molecule has 0 saturated heterocycles. The Labute approximate surface area is 218 Å². The molecule has 2 amide bonds. The second-order valence-electron chi connectivity index (χ2n) is 9.33. The van der Waals surface area contributed by atoms with Gasteiger partial charge in [0, 0.05) is 25.8 Å². The molecule has 2 aliphatic rings. The lowest BCUT2D eigenvalue weighted by Crippen LogP contribution is -2.24. The van der Waals surface area contributed by atoms with Crippen molar-refractivity contribution in [2.45, 2.75) is 90.1 Å². The first kappa shape index (κ1) is 29.1. The largest absolute Gasteiger partial charge is 0.352 e. The second kappa shape index (κ2) is 14.4. The van der Waals surface area contributed by atoms with E-state index < -0.39 is 18.5 Å². The molecule has 0 bridgehead atoms. The Morgan fingerprint density at radius 3 is 2.34 bits per heavy atom. The molecule has 2 saturated carbocycles. The van der Waals surface area contributed by atoms with Gasteiger partial charge in [0.1, 0.15) is 5.69 Å². The van der Waals surface area contributed by atoms with Crippen molar-refractivity contribution in [3.8, 4) is 0 Å². The zero-order valence-corrected chi connectivity index (χ0v) is 21.5. The number of hydrogen-bond acceptors (Lipinski definition) is 7. The van der Waals surface area contributed by atoms with Gasteiger partial charge in [0.05, 0.1) is 31.3 Å². The monoisotopic (exact) mass is 537 g/mol. The number of halogens is 3. The topological polar surface area (TPSA) is 127 Å². The molecule has 10 nitrogen and oxygen atoms in total. The van der Waals surface area contributed by atoms with Crippen molar-refractivity contribution in [3.63, 3.8) is 0 Å². The summed E-state index contributed by atoms with van der Waals surface area (Å²) >= 11 is 0. The van der Waals surface area contributed by atoms with Crippen LogP contribution in [-0.2, 0) is 17.9 Å². The fourth-order valence-corrected chi connectivity index (χ4v) is 3.42. The summed E-state index contributed by atoms with van der Waals surface area (Å²) in [6, 6.07) is 1.78. The van der Waals surface area contributed by atoms with Crippen molar-refractivity contribution in [3.05, 3.63) is 41.1 Å². The lowest BCUT2D eigenvalue weighted by atomic mass is 9.97. The van der Waals surface area contributed by atoms with Gasteiger partial charge in [-0.3, -0.25) is 14.0 Å². The van der Waals surface area contributed by atoms with E-state index in [1.54, 1.807) is 29.9 Å². The third-order valence-electron chi connectivity index (χ3n) is 5.69. The molecule has 0 aromatic carbocycles. The van der Waals surface area contributed by atoms with E-state index in [2.05, 4.69) is 35.7 Å². The van der Waals surface area contributed by atoms with E-state index in [0.717, 1.165) is 12.0 Å². The standard InChI is InChI=1S/C16H18FN7O3.C6H10F2.C3H6/c1-10-15(23-27-22-10)16(26)19-8-12-9-24-13(21-12)5-11(7-20-24)6-18-14(25)3-2-4-17;7-6(8)4-2-1-3-5-6;1-2-3-1/h5,7,9H,2-4,6,8H2,1H3,(H,18,25)(H,19,26);1-5H2;1-3H2. The minimum Gasteiger partial charge on any atom is -0.352 e. The Kier molecular flexibility index (Phi) is 11.0. The number of carbonyl (C=O) groups is 2. The molecular formula is C25H34F3N7O3. The molecule has 0 spiro atoms. The Hall–Kier alpha value is -3.51. The summed E-state index contributed by atoms with van der Waals surface area (Å²) in [6.07, 6.45) is 10.8. The molecule has 0 aliphatic heterocycles. The Balaban J connectivity index is 0.000000299. The lowest BCUT2D eigenvalue weighted by Gasteiger charge is -2.20. The molecule has 0 radical (unpaired) electrons. The predicted octanol–water partition coefficient (Wildman–Crippen LogP) is 4.47. The van der Waals surface area contributed by atoms with Gasteiger partial charge < -0.3 is 10.6 Å². The number of imidazole rings is 1. The first-order valence-electron chi connectivity index (χ1n) is 12.9. The van der Waals surface area contributed by atoms with E-state index in [9.17, 15) is 22.8 Å². The van der Waals surface area contributed by atoms with Gasteiger partial charge in [0.25, 0.3) is 5.91 Å². The fourth-order valence-electron chi connectivity index (χ4n) is 3.42. The van der Waals surface area contributed by atoms with Crippen LogP contribution in [0.1, 0.15) is 91.6 Å². The average molecular weight is 538 g/mol. The smallest absolute Gasteiger partial charge is 0.275 e. The van der Waals surface area contributed by atoms with Gasteiger partial charge in [-0.05, 0) is 43.0 Å². The van der Waals surface area contributed by atoms with E-state index in [-0.39, 0.29) is 50.4 Å².